The van der Waals surface area contributed by atoms with Crippen LogP contribution < -0.4 is 10.6 Å². The van der Waals surface area contributed by atoms with E-state index >= 15 is 0 Å². The Kier molecular flexibility index (Phi) is 3.99. The molecule has 2 rings (SSSR count). The molecule has 1 amide bonds. The van der Waals surface area contributed by atoms with Crippen LogP contribution in [0.4, 0.5) is 5.13 Å². The molecule has 2 N–H and O–H groups in total. The van der Waals surface area contributed by atoms with Crippen LogP contribution in [0.5, 0.6) is 0 Å². The van der Waals surface area contributed by atoms with Crippen LogP contribution >= 0.6 is 11.3 Å². The van der Waals surface area contributed by atoms with E-state index in [0.717, 1.165) is 37.4 Å². The highest BCUT2D eigenvalue weighted by atomic mass is 32.1. The minimum Gasteiger partial charge on any atom is -0.362 e. The Morgan fingerprint density at radius 3 is 3.12 bits per heavy atom. The summed E-state index contributed by atoms with van der Waals surface area (Å²) in [5.74, 6) is 0.0623. The number of hydrogen-bond donors (Lipinski definition) is 2. The van der Waals surface area contributed by atoms with Gasteiger partial charge < -0.3 is 10.6 Å². The van der Waals surface area contributed by atoms with E-state index in [2.05, 4.69) is 22.5 Å². The van der Waals surface area contributed by atoms with Crippen LogP contribution in [0.1, 0.15) is 37.3 Å². The van der Waals surface area contributed by atoms with Gasteiger partial charge in [-0.2, -0.15) is 0 Å². The first-order valence-electron chi connectivity index (χ1n) is 6.18. The zero-order valence-electron chi connectivity index (χ0n) is 10.4. The molecule has 0 radical (unpaired) electrons. The molecular weight excluding hydrogens is 234 g/mol. The van der Waals surface area contributed by atoms with Crippen molar-refractivity contribution in [2.24, 2.45) is 0 Å². The maximum absolute atomic E-state index is 11.0. The van der Waals surface area contributed by atoms with Gasteiger partial charge in [-0.1, -0.05) is 6.92 Å². The molecule has 0 aromatic carbocycles. The summed E-state index contributed by atoms with van der Waals surface area (Å²) in [5, 5.41) is 7.35. The summed E-state index contributed by atoms with van der Waals surface area (Å²) < 4.78 is 0. The lowest BCUT2D eigenvalue weighted by atomic mass is 9.98. The smallest absolute Gasteiger partial charge is 0.217 e. The predicted octanol–water partition coefficient (Wildman–Crippen LogP) is 1.96. The third kappa shape index (κ3) is 3.19. The van der Waals surface area contributed by atoms with Crippen LogP contribution in [-0.2, 0) is 17.6 Å². The fourth-order valence-electron chi connectivity index (χ4n) is 2.09. The SMILES string of the molecule is CCCNc1nc2c(s1)CC(NC(C)=O)CC2. The molecule has 1 aliphatic rings. The molecule has 1 aliphatic carbocycles. The first-order chi connectivity index (χ1) is 8.19. The van der Waals surface area contributed by atoms with Crippen molar-refractivity contribution in [2.75, 3.05) is 11.9 Å². The molecule has 17 heavy (non-hydrogen) atoms. The van der Waals surface area contributed by atoms with E-state index < -0.39 is 0 Å². The second kappa shape index (κ2) is 5.49. The Bertz CT molecular complexity index is 402. The Hall–Kier alpha value is -1.10. The molecule has 1 heterocycles. The van der Waals surface area contributed by atoms with Crippen molar-refractivity contribution < 1.29 is 4.79 Å². The molecule has 0 saturated heterocycles. The standard InChI is InChI=1S/C12H19N3OS/c1-3-6-13-12-15-10-5-4-9(14-8(2)16)7-11(10)17-12/h9H,3-7H2,1-2H3,(H,13,15)(H,14,16). The topological polar surface area (TPSA) is 54.0 Å². The second-order valence-corrected chi connectivity index (χ2v) is 5.54. The van der Waals surface area contributed by atoms with E-state index in [9.17, 15) is 4.79 Å². The lowest BCUT2D eigenvalue weighted by Gasteiger charge is -2.21. The van der Waals surface area contributed by atoms with Crippen LogP contribution in [0.2, 0.25) is 0 Å². The largest absolute Gasteiger partial charge is 0.362 e. The molecule has 0 saturated carbocycles. The quantitative estimate of drug-likeness (QED) is 0.862. The van der Waals surface area contributed by atoms with Gasteiger partial charge in [0, 0.05) is 30.8 Å². The predicted molar refractivity (Wildman–Crippen MR) is 70.5 cm³/mol. The van der Waals surface area contributed by atoms with Gasteiger partial charge in [0.25, 0.3) is 0 Å². The molecule has 0 fully saturated rings. The molecule has 1 aromatic rings. The van der Waals surface area contributed by atoms with Crippen molar-refractivity contribution >= 4 is 22.4 Å². The number of amides is 1. The van der Waals surface area contributed by atoms with Crippen molar-refractivity contribution in [3.63, 3.8) is 0 Å². The van der Waals surface area contributed by atoms with Crippen molar-refractivity contribution in [1.82, 2.24) is 10.3 Å². The number of anilines is 1. The van der Waals surface area contributed by atoms with E-state index in [1.54, 1.807) is 18.3 Å². The number of aryl methyl sites for hydroxylation is 1. The maximum Gasteiger partial charge on any atom is 0.217 e. The van der Waals surface area contributed by atoms with Crippen LogP contribution in [-0.4, -0.2) is 23.5 Å². The summed E-state index contributed by atoms with van der Waals surface area (Å²) in [6, 6.07) is 0.291. The number of fused-ring (bicyclic) bond motifs is 1. The third-order valence-electron chi connectivity index (χ3n) is 2.87. The Labute approximate surface area is 106 Å². The number of carbonyl (C=O) groups excluding carboxylic acids is 1. The fourth-order valence-corrected chi connectivity index (χ4v) is 3.21. The van der Waals surface area contributed by atoms with Gasteiger partial charge in [0.15, 0.2) is 5.13 Å². The minimum absolute atomic E-state index is 0.0623. The normalized spacial score (nSPS) is 18.6. The number of nitrogens with one attached hydrogen (secondary N) is 2. The van der Waals surface area contributed by atoms with E-state index in [1.807, 2.05) is 0 Å². The Morgan fingerprint density at radius 2 is 2.41 bits per heavy atom. The van der Waals surface area contributed by atoms with Gasteiger partial charge in [-0.3, -0.25) is 4.79 Å². The van der Waals surface area contributed by atoms with Crippen molar-refractivity contribution in [3.8, 4) is 0 Å². The van der Waals surface area contributed by atoms with Crippen LogP contribution in [0.25, 0.3) is 0 Å². The van der Waals surface area contributed by atoms with Gasteiger partial charge in [-0.25, -0.2) is 4.98 Å². The van der Waals surface area contributed by atoms with Crippen LogP contribution in [0.15, 0.2) is 0 Å². The number of rotatable bonds is 4. The zero-order chi connectivity index (χ0) is 12.3. The van der Waals surface area contributed by atoms with Gasteiger partial charge in [-0.05, 0) is 19.3 Å². The highest BCUT2D eigenvalue weighted by Crippen LogP contribution is 2.29. The molecule has 1 atom stereocenters. The molecule has 1 unspecified atom stereocenters. The summed E-state index contributed by atoms with van der Waals surface area (Å²) >= 11 is 1.73. The number of hydrogen-bond acceptors (Lipinski definition) is 4. The van der Waals surface area contributed by atoms with Crippen LogP contribution in [0, 0.1) is 0 Å². The highest BCUT2D eigenvalue weighted by molar-refractivity contribution is 7.15. The van der Waals surface area contributed by atoms with Crippen molar-refractivity contribution in [3.05, 3.63) is 10.6 Å². The average molecular weight is 253 g/mol. The monoisotopic (exact) mass is 253 g/mol. The highest BCUT2D eigenvalue weighted by Gasteiger charge is 2.22. The lowest BCUT2D eigenvalue weighted by molar-refractivity contribution is -0.119. The van der Waals surface area contributed by atoms with E-state index in [4.69, 9.17) is 0 Å². The molecule has 0 bridgehead atoms. The maximum atomic E-state index is 11.0. The molecule has 4 nitrogen and oxygen atoms in total. The Balaban J connectivity index is 1.99. The summed E-state index contributed by atoms with van der Waals surface area (Å²) in [6.07, 6.45) is 4.02. The van der Waals surface area contributed by atoms with E-state index in [0.29, 0.717) is 6.04 Å². The number of carbonyl (C=O) groups is 1. The summed E-state index contributed by atoms with van der Waals surface area (Å²) in [6.45, 7) is 4.70. The fraction of sp³-hybridized carbons (Fsp3) is 0.667. The summed E-state index contributed by atoms with van der Waals surface area (Å²) in [4.78, 5) is 17.0. The molecule has 0 aliphatic heterocycles. The van der Waals surface area contributed by atoms with E-state index in [1.165, 1.54) is 10.6 Å². The van der Waals surface area contributed by atoms with Crippen molar-refractivity contribution in [1.29, 1.82) is 0 Å². The first-order valence-corrected chi connectivity index (χ1v) is 7.00. The van der Waals surface area contributed by atoms with E-state index in [-0.39, 0.29) is 5.91 Å². The average Bonchev–Trinajstić information content (AvgIpc) is 2.67. The molecular formula is C12H19N3OS. The lowest BCUT2D eigenvalue weighted by Crippen LogP contribution is -2.37. The summed E-state index contributed by atoms with van der Waals surface area (Å²) in [5.41, 5.74) is 1.22. The zero-order valence-corrected chi connectivity index (χ0v) is 11.2. The van der Waals surface area contributed by atoms with Gasteiger partial charge in [0.1, 0.15) is 0 Å². The minimum atomic E-state index is 0.0623. The number of aromatic nitrogens is 1. The van der Waals surface area contributed by atoms with Crippen molar-refractivity contribution in [2.45, 2.75) is 45.6 Å². The molecule has 1 aromatic heterocycles. The van der Waals surface area contributed by atoms with Gasteiger partial charge >= 0.3 is 0 Å². The molecule has 5 heteroatoms. The second-order valence-electron chi connectivity index (χ2n) is 4.46. The van der Waals surface area contributed by atoms with Crippen LogP contribution in [0.3, 0.4) is 0 Å². The third-order valence-corrected chi connectivity index (χ3v) is 3.95. The first kappa shape index (κ1) is 12.4. The number of nitrogens with zero attached hydrogens (tertiary/aromatic N) is 1. The van der Waals surface area contributed by atoms with Gasteiger partial charge in [-0.15, -0.1) is 11.3 Å². The molecule has 0 spiro atoms. The van der Waals surface area contributed by atoms with Gasteiger partial charge in [0.2, 0.25) is 5.91 Å². The molecule has 94 valence electrons. The Morgan fingerprint density at radius 1 is 1.59 bits per heavy atom. The number of thiazole rings is 1. The van der Waals surface area contributed by atoms with Gasteiger partial charge in [0.05, 0.1) is 5.69 Å². The summed E-state index contributed by atoms with van der Waals surface area (Å²) in [7, 11) is 0.